The van der Waals surface area contributed by atoms with Gasteiger partial charge in [0.25, 0.3) is 0 Å². The van der Waals surface area contributed by atoms with Crippen molar-refractivity contribution in [2.24, 2.45) is 0 Å². The number of anilines is 1. The molecule has 0 bridgehead atoms. The number of carbonyl (C=O) groups excluding carboxylic acids is 3. The molecule has 13 nitrogen and oxygen atoms in total. The van der Waals surface area contributed by atoms with E-state index in [-0.39, 0.29) is 17.7 Å². The highest BCUT2D eigenvalue weighted by Gasteiger charge is 2.38. The molecule has 220 valence electrons. The minimum Gasteiger partial charge on any atom is -0.379 e. The highest BCUT2D eigenvalue weighted by Crippen LogP contribution is 2.43. The third-order valence-corrected chi connectivity index (χ3v) is 8.74. The number of hydrogen-bond donors (Lipinski definition) is 5. The zero-order chi connectivity index (χ0) is 28.3. The number of H-pyrrole nitrogens is 1. The van der Waals surface area contributed by atoms with E-state index in [9.17, 15) is 14.4 Å². The van der Waals surface area contributed by atoms with E-state index in [0.717, 1.165) is 30.8 Å². The Kier molecular flexibility index (Phi) is 8.19. The monoisotopic (exact) mass is 565 g/mol. The second-order valence-electron chi connectivity index (χ2n) is 11.3. The van der Waals surface area contributed by atoms with E-state index in [0.29, 0.717) is 80.8 Å². The lowest BCUT2D eigenvalue weighted by Gasteiger charge is -2.31. The van der Waals surface area contributed by atoms with Gasteiger partial charge in [0.2, 0.25) is 0 Å². The van der Waals surface area contributed by atoms with E-state index in [1.165, 1.54) is 12.8 Å². The molecule has 4 aliphatic rings. The Morgan fingerprint density at radius 1 is 1.07 bits per heavy atom. The van der Waals surface area contributed by atoms with E-state index in [2.05, 4.69) is 43.7 Å². The zero-order valence-corrected chi connectivity index (χ0v) is 23.5. The maximum Gasteiger partial charge on any atom is 0.333 e. The number of rotatable bonds is 7. The number of fused-ring (bicyclic) bond motifs is 3. The van der Waals surface area contributed by atoms with E-state index >= 15 is 0 Å². The van der Waals surface area contributed by atoms with E-state index in [4.69, 9.17) is 4.74 Å². The molecule has 6 rings (SSSR count). The van der Waals surface area contributed by atoms with E-state index in [1.807, 2.05) is 17.0 Å². The summed E-state index contributed by atoms with van der Waals surface area (Å²) in [6, 6.07) is 5.50. The van der Waals surface area contributed by atoms with E-state index < -0.39 is 6.03 Å². The number of amides is 4. The number of urea groups is 2. The molecule has 1 aromatic carbocycles. The molecule has 5 N–H and O–H groups in total. The van der Waals surface area contributed by atoms with Crippen molar-refractivity contribution in [3.63, 3.8) is 0 Å². The molecule has 3 saturated heterocycles. The first-order chi connectivity index (χ1) is 20.0. The summed E-state index contributed by atoms with van der Waals surface area (Å²) in [6.45, 7) is 5.38. The van der Waals surface area contributed by atoms with Gasteiger partial charge in [0.1, 0.15) is 0 Å². The minimum atomic E-state index is -0.395. The summed E-state index contributed by atoms with van der Waals surface area (Å²) in [4.78, 5) is 43.3. The van der Waals surface area contributed by atoms with Crippen LogP contribution in [0, 0.1) is 0 Å². The maximum absolute atomic E-state index is 13.7. The molecule has 0 spiro atoms. The number of ketones is 1. The highest BCUT2D eigenvalue weighted by molar-refractivity contribution is 6.25. The number of nitrogens with one attached hydrogen (secondary N) is 5. The second-order valence-corrected chi connectivity index (χ2v) is 11.3. The fourth-order valence-electron chi connectivity index (χ4n) is 6.44. The van der Waals surface area contributed by atoms with Crippen LogP contribution in [-0.4, -0.2) is 108 Å². The van der Waals surface area contributed by atoms with Crippen LogP contribution in [0.25, 0.3) is 11.3 Å². The van der Waals surface area contributed by atoms with Crippen molar-refractivity contribution in [2.75, 3.05) is 64.8 Å². The molecular weight excluding hydrogens is 526 g/mol. The number of carbonyl (C=O) groups is 3. The van der Waals surface area contributed by atoms with Gasteiger partial charge in [0.15, 0.2) is 5.78 Å². The summed E-state index contributed by atoms with van der Waals surface area (Å²) >= 11 is 0. The topological polar surface area (TPSA) is 147 Å². The summed E-state index contributed by atoms with van der Waals surface area (Å²) < 4.78 is 5.32. The van der Waals surface area contributed by atoms with Gasteiger partial charge in [-0.3, -0.25) is 20.7 Å². The number of hydrogen-bond acceptors (Lipinski definition) is 8. The molecule has 0 saturated carbocycles. The van der Waals surface area contributed by atoms with Gasteiger partial charge in [0.05, 0.1) is 41.4 Å². The number of hydrazine groups is 2. The predicted molar refractivity (Wildman–Crippen MR) is 152 cm³/mol. The van der Waals surface area contributed by atoms with Gasteiger partial charge in [-0.05, 0) is 51.8 Å². The average molecular weight is 566 g/mol. The molecule has 1 unspecified atom stereocenters. The highest BCUT2D eigenvalue weighted by atomic mass is 16.5. The van der Waals surface area contributed by atoms with Crippen LogP contribution in [0.3, 0.4) is 0 Å². The number of aromatic amines is 1. The largest absolute Gasteiger partial charge is 0.379 e. The summed E-state index contributed by atoms with van der Waals surface area (Å²) in [7, 11) is 2.16. The number of benzene rings is 1. The molecule has 13 heteroatoms. The third kappa shape index (κ3) is 5.80. The molecule has 4 heterocycles. The molecular formula is C28H39N9O4. The van der Waals surface area contributed by atoms with Crippen LogP contribution in [-0.2, 0) is 4.74 Å². The lowest BCUT2D eigenvalue weighted by molar-refractivity contribution is 0.0207. The van der Waals surface area contributed by atoms with Gasteiger partial charge in [-0.1, -0.05) is 12.1 Å². The van der Waals surface area contributed by atoms with Crippen LogP contribution >= 0.6 is 0 Å². The smallest absolute Gasteiger partial charge is 0.333 e. The predicted octanol–water partition coefficient (Wildman–Crippen LogP) is 1.87. The molecule has 3 aliphatic heterocycles. The number of morpholine rings is 1. The first-order valence-electron chi connectivity index (χ1n) is 14.6. The van der Waals surface area contributed by atoms with Crippen molar-refractivity contribution in [1.29, 1.82) is 0 Å². The Morgan fingerprint density at radius 2 is 1.88 bits per heavy atom. The Labute approximate surface area is 239 Å². The first kappa shape index (κ1) is 27.6. The summed E-state index contributed by atoms with van der Waals surface area (Å²) in [5.74, 6) is -0.0810. The molecule has 1 atom stereocenters. The SMILES string of the molecule is CN1CCCC1CCNNC(=O)N1CCC(c2n[nH]c3c2C(=O)c2c(NC(=O)NN4CCOCC4)cccc2-3)CC1. The Hall–Kier alpha value is -3.52. The fourth-order valence-corrected chi connectivity index (χ4v) is 6.44. The molecule has 1 aromatic heterocycles. The van der Waals surface area contributed by atoms with Crippen molar-refractivity contribution in [3.05, 3.63) is 35.0 Å². The number of ether oxygens (including phenoxy) is 1. The van der Waals surface area contributed by atoms with Crippen molar-refractivity contribution < 1.29 is 19.1 Å². The fraction of sp³-hybridized carbons (Fsp3) is 0.571. The van der Waals surface area contributed by atoms with Gasteiger partial charge in [-0.15, -0.1) is 0 Å². The molecule has 4 amide bonds. The van der Waals surface area contributed by atoms with Crippen LogP contribution in [0.5, 0.6) is 0 Å². The van der Waals surface area contributed by atoms with Crippen LogP contribution in [0.1, 0.15) is 59.6 Å². The molecule has 3 fully saturated rings. The van der Waals surface area contributed by atoms with Crippen LogP contribution < -0.4 is 21.6 Å². The van der Waals surface area contributed by atoms with Gasteiger partial charge < -0.3 is 19.9 Å². The van der Waals surface area contributed by atoms with Crippen LogP contribution in [0.4, 0.5) is 15.3 Å². The van der Waals surface area contributed by atoms with Crippen molar-refractivity contribution >= 4 is 23.5 Å². The Bertz CT molecular complexity index is 1280. The van der Waals surface area contributed by atoms with Crippen molar-refractivity contribution in [2.45, 2.75) is 44.1 Å². The van der Waals surface area contributed by atoms with Gasteiger partial charge >= 0.3 is 12.1 Å². The van der Waals surface area contributed by atoms with Gasteiger partial charge in [0, 0.05) is 50.2 Å². The number of aromatic nitrogens is 2. The maximum atomic E-state index is 13.7. The standard InChI is InChI=1S/C28H39N9O4/c1-35-11-3-4-19(35)7-10-29-33-28(40)36-12-8-18(9-13-36)24-23-25(32-31-24)20-5-2-6-21(22(20)26(23)38)30-27(39)34-37-14-16-41-17-15-37/h2,5-6,18-19,29H,3-4,7-17H2,1H3,(H,31,32)(H,33,40)(H2,30,34,39). The first-order valence-corrected chi connectivity index (χ1v) is 14.6. The number of nitrogens with zero attached hydrogens (tertiary/aromatic N) is 4. The zero-order valence-electron chi connectivity index (χ0n) is 23.5. The van der Waals surface area contributed by atoms with E-state index in [1.54, 1.807) is 11.1 Å². The molecule has 41 heavy (non-hydrogen) atoms. The quantitative estimate of drug-likeness (QED) is 0.216. The molecule has 2 aromatic rings. The molecule has 1 aliphatic carbocycles. The molecule has 0 radical (unpaired) electrons. The van der Waals surface area contributed by atoms with Crippen LogP contribution in [0.15, 0.2) is 18.2 Å². The Balaban J connectivity index is 1.04. The number of likely N-dealkylation sites (tertiary alicyclic amines) is 2. The second kappa shape index (κ2) is 12.1. The third-order valence-electron chi connectivity index (χ3n) is 8.74. The normalized spacial score (nSPS) is 21.5. The lowest BCUT2D eigenvalue weighted by atomic mass is 9.90. The summed E-state index contributed by atoms with van der Waals surface area (Å²) in [5, 5.41) is 12.3. The van der Waals surface area contributed by atoms with Crippen molar-refractivity contribution in [3.8, 4) is 11.3 Å². The van der Waals surface area contributed by atoms with Crippen molar-refractivity contribution in [1.82, 2.24) is 41.3 Å². The van der Waals surface area contributed by atoms with Gasteiger partial charge in [-0.2, -0.15) is 5.10 Å². The summed E-state index contributed by atoms with van der Waals surface area (Å²) in [6.07, 6.45) is 4.90. The summed E-state index contributed by atoms with van der Waals surface area (Å²) in [5.41, 5.74) is 12.4. The van der Waals surface area contributed by atoms with Gasteiger partial charge in [-0.25, -0.2) is 20.0 Å². The Morgan fingerprint density at radius 3 is 2.63 bits per heavy atom. The van der Waals surface area contributed by atoms with Crippen LogP contribution in [0.2, 0.25) is 0 Å². The average Bonchev–Trinajstić information content (AvgIpc) is 3.68. The minimum absolute atomic E-state index is 0.0594. The number of piperidine rings is 1. The lowest BCUT2D eigenvalue weighted by Crippen LogP contribution is -2.49.